The van der Waals surface area contributed by atoms with E-state index in [0.717, 1.165) is 9.80 Å². The van der Waals surface area contributed by atoms with Gasteiger partial charge in [-0.05, 0) is 42.4 Å². The van der Waals surface area contributed by atoms with Crippen molar-refractivity contribution in [3.8, 4) is 11.5 Å². The Kier molecular flexibility index (Phi) is 6.31. The first kappa shape index (κ1) is 27.8. The number of hydrogen-bond acceptors (Lipinski definition) is 8. The summed E-state index contributed by atoms with van der Waals surface area (Å²) in [5, 5.41) is 29.4. The van der Waals surface area contributed by atoms with Crippen molar-refractivity contribution < 1.29 is 39.1 Å². The number of hydrogen-bond donors (Lipinski definition) is 3. The Hall–Kier alpha value is -3.38. The van der Waals surface area contributed by atoms with Gasteiger partial charge in [-0.1, -0.05) is 29.8 Å². The Morgan fingerprint density at radius 1 is 1.00 bits per heavy atom. The number of alkyl halides is 2. The van der Waals surface area contributed by atoms with Gasteiger partial charge >= 0.3 is 7.12 Å². The molecule has 3 fully saturated rings. The van der Waals surface area contributed by atoms with Crippen LogP contribution in [0.15, 0.2) is 54.1 Å². The van der Waals surface area contributed by atoms with Gasteiger partial charge in [0.2, 0.25) is 11.8 Å². The first-order valence-electron chi connectivity index (χ1n) is 13.0. The molecule has 0 unspecified atom stereocenters. The van der Waals surface area contributed by atoms with Crippen LogP contribution >= 0.6 is 23.2 Å². The lowest BCUT2D eigenvalue weighted by molar-refractivity contribution is -0.138. The lowest BCUT2D eigenvalue weighted by Gasteiger charge is -2.51. The van der Waals surface area contributed by atoms with Crippen LogP contribution in [0, 0.1) is 17.8 Å². The molecule has 0 spiro atoms. The largest absolute Gasteiger partial charge is 0.508 e. The van der Waals surface area contributed by atoms with Crippen molar-refractivity contribution in [3.63, 3.8) is 0 Å². The third kappa shape index (κ3) is 3.59. The summed E-state index contributed by atoms with van der Waals surface area (Å²) in [4.78, 5) is 52.9. The molecule has 2 aromatic rings. The van der Waals surface area contributed by atoms with Gasteiger partial charge in [0.05, 0.1) is 24.6 Å². The molecule has 2 aliphatic heterocycles. The van der Waals surface area contributed by atoms with Gasteiger partial charge in [0.15, 0.2) is 9.75 Å². The molecule has 10 nitrogen and oxygen atoms in total. The second-order valence-electron chi connectivity index (χ2n) is 10.9. The zero-order chi connectivity index (χ0) is 29.6. The summed E-state index contributed by atoms with van der Waals surface area (Å²) >= 11 is 14.3. The highest BCUT2D eigenvalue weighted by Crippen LogP contribution is 2.66. The summed E-state index contributed by atoms with van der Waals surface area (Å²) < 4.78 is 5.54. The molecule has 13 heteroatoms. The topological polar surface area (TPSA) is 145 Å². The van der Waals surface area contributed by atoms with Gasteiger partial charge in [-0.3, -0.25) is 29.0 Å². The molecule has 0 bridgehead atoms. The normalized spacial score (nSPS) is 32.5. The third-order valence-electron chi connectivity index (χ3n) is 8.97. The standard InChI is InChI=1S/C28H25BCl2N2O8/c1-32-25(37)27(30)12-19-16(22(28(27,31)26(32)38)17-7-6-15(34)11-20(17)41-2)8-9-18-21(19)24(36)33(23(18)35)14-5-3-4-13(10-14)29(39)40/h3-8,10-11,18-19,21-22,34,39-40H,9,12H2,1-2H3/t18-,19+,21-,22+,27+,28-/m0/s1. The van der Waals surface area contributed by atoms with Crippen LogP contribution in [0.3, 0.4) is 0 Å². The van der Waals surface area contributed by atoms with E-state index in [1.807, 2.05) is 0 Å². The molecular weight excluding hydrogens is 574 g/mol. The van der Waals surface area contributed by atoms with Crippen LogP contribution in [-0.4, -0.2) is 74.7 Å². The smallest absolute Gasteiger partial charge is 0.488 e. The van der Waals surface area contributed by atoms with Crippen LogP contribution in [0.2, 0.25) is 0 Å². The minimum Gasteiger partial charge on any atom is -0.508 e. The number of imide groups is 2. The number of halogens is 2. The van der Waals surface area contributed by atoms with Crippen molar-refractivity contribution in [1.82, 2.24) is 4.90 Å². The summed E-state index contributed by atoms with van der Waals surface area (Å²) in [5.74, 6) is -5.72. The first-order chi connectivity index (χ1) is 19.4. The van der Waals surface area contributed by atoms with Crippen LogP contribution in [0.4, 0.5) is 5.69 Å². The number of anilines is 1. The van der Waals surface area contributed by atoms with E-state index in [4.69, 9.17) is 27.9 Å². The van der Waals surface area contributed by atoms with Crippen molar-refractivity contribution in [2.75, 3.05) is 19.1 Å². The van der Waals surface area contributed by atoms with E-state index in [1.54, 1.807) is 12.1 Å². The average molecular weight is 599 g/mol. The minimum absolute atomic E-state index is 0.0928. The molecule has 2 aliphatic carbocycles. The summed E-state index contributed by atoms with van der Waals surface area (Å²) in [6.45, 7) is 0. The van der Waals surface area contributed by atoms with Crippen LogP contribution < -0.4 is 15.1 Å². The summed E-state index contributed by atoms with van der Waals surface area (Å²) in [6, 6.07) is 10.2. The molecule has 4 aliphatic rings. The molecule has 6 rings (SSSR count). The van der Waals surface area contributed by atoms with Crippen molar-refractivity contribution in [3.05, 3.63) is 59.7 Å². The first-order valence-corrected chi connectivity index (χ1v) is 13.7. The maximum absolute atomic E-state index is 14.0. The second-order valence-corrected chi connectivity index (χ2v) is 12.1. The number of allylic oxidation sites excluding steroid dienone is 2. The Labute approximate surface area is 245 Å². The van der Waals surface area contributed by atoms with Crippen LogP contribution in [0.25, 0.3) is 0 Å². The average Bonchev–Trinajstić information content (AvgIpc) is 3.28. The maximum atomic E-state index is 14.0. The monoisotopic (exact) mass is 598 g/mol. The number of benzene rings is 2. The number of carbonyl (C=O) groups excluding carboxylic acids is 4. The highest BCUT2D eigenvalue weighted by molar-refractivity contribution is 6.58. The molecule has 6 atom stereocenters. The number of methoxy groups -OCH3 is 1. The van der Waals surface area contributed by atoms with Crippen molar-refractivity contribution >= 4 is 65.1 Å². The SMILES string of the molecule is COc1cc(O)ccc1[C@H]1C2=CC[C@@H]3C(=O)N(c4cccc(B(O)O)c4)C(=O)[C@@H]3[C@@H]2C[C@@]2(Cl)C(=O)N(C)C(=O)[C@@]12Cl. The van der Waals surface area contributed by atoms with E-state index in [0.29, 0.717) is 11.1 Å². The molecule has 212 valence electrons. The number of rotatable bonds is 4. The summed E-state index contributed by atoms with van der Waals surface area (Å²) in [5.41, 5.74) is 1.28. The quantitative estimate of drug-likeness (QED) is 0.207. The fourth-order valence-corrected chi connectivity index (χ4v) is 8.12. The fraction of sp³-hybridized carbons (Fsp3) is 0.357. The summed E-state index contributed by atoms with van der Waals surface area (Å²) in [6.07, 6.45) is 1.79. The number of ether oxygens (including phenoxy) is 1. The van der Waals surface area contributed by atoms with Crippen LogP contribution in [0.5, 0.6) is 11.5 Å². The van der Waals surface area contributed by atoms with E-state index in [-0.39, 0.29) is 35.5 Å². The number of phenols is 1. The molecule has 1 saturated carbocycles. The molecule has 0 radical (unpaired) electrons. The number of amides is 4. The summed E-state index contributed by atoms with van der Waals surface area (Å²) in [7, 11) is 0.896. The maximum Gasteiger partial charge on any atom is 0.488 e. The number of phenolic OH excluding ortho intramolecular Hbond substituents is 1. The predicted octanol–water partition coefficient (Wildman–Crippen LogP) is 1.27. The van der Waals surface area contributed by atoms with E-state index in [1.165, 1.54) is 50.6 Å². The van der Waals surface area contributed by atoms with Crippen molar-refractivity contribution in [2.24, 2.45) is 17.8 Å². The Morgan fingerprint density at radius 2 is 1.73 bits per heavy atom. The highest BCUT2D eigenvalue weighted by atomic mass is 35.5. The van der Waals surface area contributed by atoms with Crippen molar-refractivity contribution in [2.45, 2.75) is 28.5 Å². The number of aromatic hydroxyl groups is 1. The van der Waals surface area contributed by atoms with E-state index in [9.17, 15) is 34.3 Å². The lowest BCUT2D eigenvalue weighted by Crippen LogP contribution is -2.60. The Bertz CT molecular complexity index is 1570. The van der Waals surface area contributed by atoms with E-state index >= 15 is 0 Å². The lowest BCUT2D eigenvalue weighted by atomic mass is 9.56. The van der Waals surface area contributed by atoms with Crippen molar-refractivity contribution in [1.29, 1.82) is 0 Å². The number of fused-ring (bicyclic) bond motifs is 4. The molecule has 3 N–H and O–H groups in total. The molecule has 0 aromatic heterocycles. The van der Waals surface area contributed by atoms with Gasteiger partial charge in [0.1, 0.15) is 11.5 Å². The zero-order valence-electron chi connectivity index (χ0n) is 22.0. The molecule has 4 amide bonds. The molecular formula is C28H25BCl2N2O8. The van der Waals surface area contributed by atoms with Crippen LogP contribution in [-0.2, 0) is 19.2 Å². The molecule has 41 heavy (non-hydrogen) atoms. The number of likely N-dealkylation sites (tertiary alicyclic amines) is 1. The number of nitrogens with zero attached hydrogens (tertiary/aromatic N) is 2. The van der Waals surface area contributed by atoms with E-state index < -0.39 is 64.2 Å². The third-order valence-corrected chi connectivity index (χ3v) is 10.4. The fourth-order valence-electron chi connectivity index (χ4n) is 7.11. The van der Waals surface area contributed by atoms with Crippen LogP contribution in [0.1, 0.15) is 24.3 Å². The highest BCUT2D eigenvalue weighted by Gasteiger charge is 2.76. The van der Waals surface area contributed by atoms with Gasteiger partial charge < -0.3 is 19.9 Å². The van der Waals surface area contributed by atoms with Gasteiger partial charge in [-0.25, -0.2) is 0 Å². The Balaban J connectivity index is 1.51. The van der Waals surface area contributed by atoms with Gasteiger partial charge in [-0.15, -0.1) is 23.2 Å². The van der Waals surface area contributed by atoms with Gasteiger partial charge in [-0.2, -0.15) is 0 Å². The predicted molar refractivity (Wildman–Crippen MR) is 149 cm³/mol. The van der Waals surface area contributed by atoms with E-state index in [2.05, 4.69) is 0 Å². The zero-order valence-corrected chi connectivity index (χ0v) is 23.5. The molecule has 2 heterocycles. The number of carbonyl (C=O) groups is 4. The molecule has 2 saturated heterocycles. The second kappa shape index (κ2) is 9.32. The molecule has 2 aromatic carbocycles. The van der Waals surface area contributed by atoms with Gasteiger partial charge in [0, 0.05) is 24.6 Å². The van der Waals surface area contributed by atoms with Gasteiger partial charge in [0.25, 0.3) is 11.8 Å². The minimum atomic E-state index is -1.98. The Morgan fingerprint density at radius 3 is 2.41 bits per heavy atom.